The Morgan fingerprint density at radius 2 is 2.05 bits per heavy atom. The predicted octanol–water partition coefficient (Wildman–Crippen LogP) is 4.36. The molecule has 1 aromatic carbocycles. The van der Waals surface area contributed by atoms with Gasteiger partial charge in [0.15, 0.2) is 5.76 Å². The Bertz CT molecular complexity index is 565. The summed E-state index contributed by atoms with van der Waals surface area (Å²) in [5.74, 6) is 0.220. The maximum absolute atomic E-state index is 12.3. The monoisotopic (exact) mass is 337 g/mol. The first-order valence-corrected chi connectivity index (χ1v) is 7.89. The van der Waals surface area contributed by atoms with Gasteiger partial charge in [-0.3, -0.25) is 4.79 Å². The molecule has 0 saturated heterocycles. The van der Waals surface area contributed by atoms with Crippen LogP contribution in [0, 0.1) is 5.41 Å². The molecule has 1 heterocycles. The third-order valence-corrected chi connectivity index (χ3v) is 3.86. The Morgan fingerprint density at radius 3 is 2.65 bits per heavy atom. The summed E-state index contributed by atoms with van der Waals surface area (Å²) in [5, 5.41) is 4.88. The molecule has 0 spiro atoms. The van der Waals surface area contributed by atoms with E-state index in [1.54, 1.807) is 6.07 Å². The number of hydrogen-bond donors (Lipinski definition) is 1. The van der Waals surface area contributed by atoms with Gasteiger partial charge in [0.1, 0.15) is 5.58 Å². The zero-order chi connectivity index (χ0) is 14.8. The van der Waals surface area contributed by atoms with E-state index in [0.29, 0.717) is 5.76 Å². The third-order valence-electron chi connectivity index (χ3n) is 3.40. The summed E-state index contributed by atoms with van der Waals surface area (Å²) in [5.41, 5.74) is 0.751. The van der Waals surface area contributed by atoms with Crippen molar-refractivity contribution < 1.29 is 9.21 Å². The van der Waals surface area contributed by atoms with Gasteiger partial charge in [-0.05, 0) is 24.0 Å². The summed E-state index contributed by atoms with van der Waals surface area (Å²) in [4.78, 5) is 12.3. The molecule has 108 valence electrons. The number of benzene rings is 1. The lowest BCUT2D eigenvalue weighted by Gasteiger charge is -2.30. The molecule has 1 atom stereocenters. The van der Waals surface area contributed by atoms with Gasteiger partial charge in [-0.1, -0.05) is 54.9 Å². The lowest BCUT2D eigenvalue weighted by Crippen LogP contribution is -2.43. The van der Waals surface area contributed by atoms with Crippen molar-refractivity contribution in [1.82, 2.24) is 5.32 Å². The smallest absolute Gasteiger partial charge is 0.287 e. The summed E-state index contributed by atoms with van der Waals surface area (Å²) in [6.45, 7) is 6.37. The lowest BCUT2D eigenvalue weighted by atomic mass is 9.85. The zero-order valence-corrected chi connectivity index (χ0v) is 13.7. The largest absolute Gasteiger partial charge is 0.451 e. The van der Waals surface area contributed by atoms with Crippen LogP contribution >= 0.6 is 15.9 Å². The number of fused-ring (bicyclic) bond motifs is 1. The molecule has 3 nitrogen and oxygen atoms in total. The van der Waals surface area contributed by atoms with Crippen molar-refractivity contribution in [2.45, 2.75) is 33.2 Å². The lowest BCUT2D eigenvalue weighted by molar-refractivity contribution is 0.0874. The van der Waals surface area contributed by atoms with Gasteiger partial charge in [0.05, 0.1) is 0 Å². The van der Waals surface area contributed by atoms with Gasteiger partial charge in [-0.25, -0.2) is 0 Å². The first-order valence-electron chi connectivity index (χ1n) is 6.77. The van der Waals surface area contributed by atoms with Gasteiger partial charge in [0.25, 0.3) is 5.91 Å². The van der Waals surface area contributed by atoms with Gasteiger partial charge in [0, 0.05) is 16.8 Å². The molecule has 0 aliphatic carbocycles. The van der Waals surface area contributed by atoms with Gasteiger partial charge in [0.2, 0.25) is 0 Å². The highest BCUT2D eigenvalue weighted by Gasteiger charge is 2.26. The minimum atomic E-state index is -0.151. The molecule has 20 heavy (non-hydrogen) atoms. The van der Waals surface area contributed by atoms with Crippen LogP contribution in [0.2, 0.25) is 0 Å². The topological polar surface area (TPSA) is 42.2 Å². The molecule has 2 aromatic rings. The highest BCUT2D eigenvalue weighted by atomic mass is 79.9. The Labute approximate surface area is 127 Å². The average Bonchev–Trinajstić information content (AvgIpc) is 2.80. The van der Waals surface area contributed by atoms with Crippen LogP contribution in [0.15, 0.2) is 34.7 Å². The van der Waals surface area contributed by atoms with Gasteiger partial charge in [-0.2, -0.15) is 0 Å². The van der Waals surface area contributed by atoms with Crippen molar-refractivity contribution in [2.24, 2.45) is 5.41 Å². The van der Waals surface area contributed by atoms with Crippen LogP contribution in [-0.4, -0.2) is 17.3 Å². The molecule has 0 bridgehead atoms. The van der Waals surface area contributed by atoms with E-state index in [9.17, 15) is 4.79 Å². The predicted molar refractivity (Wildman–Crippen MR) is 85.3 cm³/mol. The van der Waals surface area contributed by atoms with E-state index in [0.717, 1.165) is 22.7 Å². The fraction of sp³-hybridized carbons (Fsp3) is 0.438. The molecular formula is C16H20BrNO2. The molecular weight excluding hydrogens is 318 g/mol. The molecule has 1 N–H and O–H groups in total. The standard InChI is InChI=1S/C16H20BrNO2/c1-16(2,3)14(8-9-17)18-15(19)13-10-11-6-4-5-7-12(11)20-13/h4-7,10,14H,8-9H2,1-3H3,(H,18,19). The number of para-hydroxylation sites is 1. The molecule has 1 unspecified atom stereocenters. The van der Waals surface area contributed by atoms with Crippen LogP contribution in [-0.2, 0) is 0 Å². The Kier molecular flexibility index (Phi) is 4.53. The highest BCUT2D eigenvalue weighted by molar-refractivity contribution is 9.09. The molecule has 0 saturated carbocycles. The summed E-state index contributed by atoms with van der Waals surface area (Å²) >= 11 is 3.44. The van der Waals surface area contributed by atoms with Crippen molar-refractivity contribution >= 4 is 32.8 Å². The van der Waals surface area contributed by atoms with E-state index in [1.165, 1.54) is 0 Å². The Morgan fingerprint density at radius 1 is 1.35 bits per heavy atom. The van der Waals surface area contributed by atoms with Crippen LogP contribution in [0.25, 0.3) is 11.0 Å². The van der Waals surface area contributed by atoms with Crippen molar-refractivity contribution in [1.29, 1.82) is 0 Å². The second kappa shape index (κ2) is 6.00. The van der Waals surface area contributed by atoms with Crippen molar-refractivity contribution in [3.8, 4) is 0 Å². The minimum absolute atomic E-state index is 0.00937. The number of carbonyl (C=O) groups is 1. The van der Waals surface area contributed by atoms with Crippen molar-refractivity contribution in [3.63, 3.8) is 0 Å². The maximum atomic E-state index is 12.3. The van der Waals surface area contributed by atoms with Crippen molar-refractivity contribution in [2.75, 3.05) is 5.33 Å². The molecule has 0 aliphatic rings. The number of nitrogens with one attached hydrogen (secondary N) is 1. The number of furan rings is 1. The summed E-state index contributed by atoms with van der Waals surface area (Å²) in [6, 6.07) is 9.53. The fourth-order valence-electron chi connectivity index (χ4n) is 2.15. The molecule has 1 amide bonds. The van der Waals surface area contributed by atoms with Crippen LogP contribution in [0.4, 0.5) is 0 Å². The number of alkyl halides is 1. The number of halogens is 1. The van der Waals surface area contributed by atoms with Crippen molar-refractivity contribution in [3.05, 3.63) is 36.1 Å². The van der Waals surface area contributed by atoms with Gasteiger partial charge >= 0.3 is 0 Å². The van der Waals surface area contributed by atoms with E-state index < -0.39 is 0 Å². The summed E-state index contributed by atoms with van der Waals surface area (Å²) < 4.78 is 5.60. The summed E-state index contributed by atoms with van der Waals surface area (Å²) in [7, 11) is 0. The Balaban J connectivity index is 2.18. The zero-order valence-electron chi connectivity index (χ0n) is 12.1. The number of amides is 1. The molecule has 4 heteroatoms. The SMILES string of the molecule is CC(C)(C)C(CCBr)NC(=O)c1cc2ccccc2o1. The number of rotatable bonds is 4. The normalized spacial score (nSPS) is 13.4. The average molecular weight is 338 g/mol. The third kappa shape index (κ3) is 3.42. The van der Waals surface area contributed by atoms with Gasteiger partial charge < -0.3 is 9.73 Å². The second-order valence-corrected chi connectivity index (χ2v) is 6.81. The maximum Gasteiger partial charge on any atom is 0.287 e. The van der Waals surface area contributed by atoms with Crippen LogP contribution in [0.5, 0.6) is 0 Å². The highest BCUT2D eigenvalue weighted by Crippen LogP contribution is 2.24. The molecule has 2 rings (SSSR count). The fourth-order valence-corrected chi connectivity index (χ4v) is 2.61. The number of hydrogen-bond acceptors (Lipinski definition) is 2. The minimum Gasteiger partial charge on any atom is -0.451 e. The van der Waals surface area contributed by atoms with Crippen LogP contribution < -0.4 is 5.32 Å². The molecule has 0 radical (unpaired) electrons. The molecule has 0 fully saturated rings. The van der Waals surface area contributed by atoms with E-state index in [1.807, 2.05) is 24.3 Å². The number of carbonyl (C=O) groups excluding carboxylic acids is 1. The van der Waals surface area contributed by atoms with Crippen LogP contribution in [0.1, 0.15) is 37.7 Å². The van der Waals surface area contributed by atoms with Crippen LogP contribution in [0.3, 0.4) is 0 Å². The first-order chi connectivity index (χ1) is 9.41. The van der Waals surface area contributed by atoms with E-state index >= 15 is 0 Å². The molecule has 1 aromatic heterocycles. The van der Waals surface area contributed by atoms with E-state index in [-0.39, 0.29) is 17.4 Å². The quantitative estimate of drug-likeness (QED) is 0.842. The Hall–Kier alpha value is -1.29. The summed E-state index contributed by atoms with van der Waals surface area (Å²) in [6.07, 6.45) is 0.884. The first kappa shape index (κ1) is 15.1. The van der Waals surface area contributed by atoms with E-state index in [2.05, 4.69) is 42.0 Å². The second-order valence-electron chi connectivity index (χ2n) is 6.02. The van der Waals surface area contributed by atoms with Gasteiger partial charge in [-0.15, -0.1) is 0 Å². The van der Waals surface area contributed by atoms with E-state index in [4.69, 9.17) is 4.42 Å². The molecule has 0 aliphatic heterocycles.